The fourth-order valence-electron chi connectivity index (χ4n) is 0.547. The van der Waals surface area contributed by atoms with E-state index in [-0.39, 0.29) is 0 Å². The predicted octanol–water partition coefficient (Wildman–Crippen LogP) is 4.72. The molecule has 0 saturated heterocycles. The summed E-state index contributed by atoms with van der Waals surface area (Å²) in [5.41, 5.74) is 0. The van der Waals surface area contributed by atoms with E-state index in [9.17, 15) is 0 Å². The summed E-state index contributed by atoms with van der Waals surface area (Å²) >= 11 is 0. The molecule has 0 rings (SSSR count). The van der Waals surface area contributed by atoms with E-state index in [1.165, 1.54) is 0 Å². The first-order chi connectivity index (χ1) is 6.85. The van der Waals surface area contributed by atoms with Crippen LogP contribution in [0.5, 0.6) is 0 Å². The number of methoxy groups -OCH3 is 1. The summed E-state index contributed by atoms with van der Waals surface area (Å²) < 4.78 is 5.02. The lowest BCUT2D eigenvalue weighted by molar-refractivity contribution is 0.307. The molecule has 14 heavy (non-hydrogen) atoms. The average molecular weight is 198 g/mol. The Morgan fingerprint density at radius 1 is 0.929 bits per heavy atom. The maximum Gasteiger partial charge on any atom is 0.118 e. The molecular weight excluding hydrogens is 172 g/mol. The van der Waals surface area contributed by atoms with Gasteiger partial charge in [-0.15, -0.1) is 0 Å². The van der Waals surface area contributed by atoms with Gasteiger partial charge in [-0.05, 0) is 26.0 Å². The van der Waals surface area contributed by atoms with Gasteiger partial charge in [-0.1, -0.05) is 45.9 Å². The Hall–Kier alpha value is -0.980. The molecule has 0 N–H and O–H groups in total. The first kappa shape index (κ1) is 18.7. The first-order valence-electron chi connectivity index (χ1n) is 5.34. The van der Waals surface area contributed by atoms with Gasteiger partial charge < -0.3 is 4.74 Å². The first-order valence-corrected chi connectivity index (χ1v) is 5.34. The van der Waals surface area contributed by atoms with Crippen LogP contribution in [0.15, 0.2) is 36.1 Å². The summed E-state index contributed by atoms with van der Waals surface area (Å²) in [6.45, 7) is 11.9. The molecule has 0 aliphatic heterocycles. The van der Waals surface area contributed by atoms with Crippen molar-refractivity contribution in [3.63, 3.8) is 0 Å². The SMILES string of the molecule is CC.CC.C\C=C/C=C(\C=C/C)OC. The zero-order valence-electron chi connectivity index (χ0n) is 10.8. The highest BCUT2D eigenvalue weighted by molar-refractivity contribution is 5.17. The normalized spacial score (nSPS) is 10.4. The van der Waals surface area contributed by atoms with Crippen LogP contribution in [0.25, 0.3) is 0 Å². The van der Waals surface area contributed by atoms with Crippen LogP contribution < -0.4 is 0 Å². The Morgan fingerprint density at radius 3 is 1.71 bits per heavy atom. The molecule has 0 aromatic rings. The van der Waals surface area contributed by atoms with Crippen molar-refractivity contribution in [1.29, 1.82) is 0 Å². The third kappa shape index (κ3) is 17.2. The highest BCUT2D eigenvalue weighted by Crippen LogP contribution is 1.97. The average Bonchev–Trinajstić information content (AvgIpc) is 2.29. The third-order valence-electron chi connectivity index (χ3n) is 1.02. The molecule has 0 aliphatic rings. The lowest BCUT2D eigenvalue weighted by atomic mass is 10.4. The molecule has 0 unspecified atom stereocenters. The Bertz CT molecular complexity index is 153. The van der Waals surface area contributed by atoms with E-state index in [0.717, 1.165) is 5.76 Å². The van der Waals surface area contributed by atoms with Crippen molar-refractivity contribution in [2.24, 2.45) is 0 Å². The molecule has 0 spiro atoms. The molecule has 0 aromatic heterocycles. The van der Waals surface area contributed by atoms with Gasteiger partial charge in [0.1, 0.15) is 5.76 Å². The van der Waals surface area contributed by atoms with Gasteiger partial charge in [-0.2, -0.15) is 0 Å². The highest BCUT2D eigenvalue weighted by Gasteiger charge is 1.81. The van der Waals surface area contributed by atoms with E-state index in [2.05, 4.69) is 0 Å². The van der Waals surface area contributed by atoms with Crippen molar-refractivity contribution in [3.05, 3.63) is 36.1 Å². The van der Waals surface area contributed by atoms with Crippen LogP contribution >= 0.6 is 0 Å². The van der Waals surface area contributed by atoms with E-state index in [4.69, 9.17) is 4.74 Å². The van der Waals surface area contributed by atoms with E-state index in [0.29, 0.717) is 0 Å². The van der Waals surface area contributed by atoms with Gasteiger partial charge in [0.05, 0.1) is 7.11 Å². The topological polar surface area (TPSA) is 9.23 Å². The van der Waals surface area contributed by atoms with Gasteiger partial charge in [0, 0.05) is 0 Å². The molecule has 0 bridgehead atoms. The standard InChI is InChI=1S/C9H14O.2C2H6/c1-4-6-8-9(10-3)7-5-2;2*1-2/h4-8H,1-3H3;2*1-2H3/b6-4-,7-5-,9-8+;;. The maximum atomic E-state index is 5.02. The summed E-state index contributed by atoms with van der Waals surface area (Å²) in [6, 6.07) is 0. The molecule has 0 fully saturated rings. The van der Waals surface area contributed by atoms with Crippen LogP contribution in [0.4, 0.5) is 0 Å². The smallest absolute Gasteiger partial charge is 0.118 e. The molecule has 0 atom stereocenters. The highest BCUT2D eigenvalue weighted by atomic mass is 16.5. The van der Waals surface area contributed by atoms with Crippen molar-refractivity contribution >= 4 is 0 Å². The number of rotatable bonds is 3. The van der Waals surface area contributed by atoms with Gasteiger partial charge in [-0.3, -0.25) is 0 Å². The van der Waals surface area contributed by atoms with E-state index >= 15 is 0 Å². The Morgan fingerprint density at radius 2 is 1.43 bits per heavy atom. The van der Waals surface area contributed by atoms with Gasteiger partial charge in [0.2, 0.25) is 0 Å². The van der Waals surface area contributed by atoms with Crippen LogP contribution in [0.2, 0.25) is 0 Å². The minimum Gasteiger partial charge on any atom is -0.497 e. The summed E-state index contributed by atoms with van der Waals surface area (Å²) in [6.07, 6.45) is 9.68. The molecule has 0 radical (unpaired) electrons. The van der Waals surface area contributed by atoms with Crippen LogP contribution in [-0.2, 0) is 4.74 Å². The van der Waals surface area contributed by atoms with Crippen molar-refractivity contribution < 1.29 is 4.74 Å². The number of hydrogen-bond donors (Lipinski definition) is 0. The van der Waals surface area contributed by atoms with Gasteiger partial charge in [0.15, 0.2) is 0 Å². The summed E-state index contributed by atoms with van der Waals surface area (Å²) in [5.74, 6) is 0.876. The Balaban J connectivity index is -0.000000266. The number of hydrogen-bond acceptors (Lipinski definition) is 1. The molecular formula is C13H26O. The fraction of sp³-hybridized carbons (Fsp3) is 0.538. The maximum absolute atomic E-state index is 5.02. The molecule has 1 nitrogen and oxygen atoms in total. The number of ether oxygens (including phenoxy) is 1. The monoisotopic (exact) mass is 198 g/mol. The molecule has 0 aliphatic carbocycles. The Labute approximate surface area is 90.2 Å². The quantitative estimate of drug-likeness (QED) is 0.471. The second-order valence-electron chi connectivity index (χ2n) is 1.80. The summed E-state index contributed by atoms with van der Waals surface area (Å²) in [7, 11) is 1.66. The van der Waals surface area contributed by atoms with E-state index in [1.54, 1.807) is 7.11 Å². The lowest BCUT2D eigenvalue weighted by Crippen LogP contribution is -1.78. The van der Waals surface area contributed by atoms with E-state index in [1.807, 2.05) is 71.9 Å². The second-order valence-corrected chi connectivity index (χ2v) is 1.80. The lowest BCUT2D eigenvalue weighted by Gasteiger charge is -1.95. The largest absolute Gasteiger partial charge is 0.497 e. The third-order valence-corrected chi connectivity index (χ3v) is 1.02. The van der Waals surface area contributed by atoms with Crippen LogP contribution in [-0.4, -0.2) is 7.11 Å². The summed E-state index contributed by atoms with van der Waals surface area (Å²) in [4.78, 5) is 0. The predicted molar refractivity (Wildman–Crippen MR) is 67.4 cm³/mol. The molecule has 0 saturated carbocycles. The van der Waals surface area contributed by atoms with Crippen LogP contribution in [0, 0.1) is 0 Å². The molecule has 1 heteroatoms. The zero-order valence-corrected chi connectivity index (χ0v) is 10.8. The van der Waals surface area contributed by atoms with Crippen LogP contribution in [0.1, 0.15) is 41.5 Å². The molecule has 0 amide bonds. The fourth-order valence-corrected chi connectivity index (χ4v) is 0.547. The molecule has 0 heterocycles. The van der Waals surface area contributed by atoms with Crippen LogP contribution in [0.3, 0.4) is 0 Å². The van der Waals surface area contributed by atoms with Crippen molar-refractivity contribution in [1.82, 2.24) is 0 Å². The zero-order chi connectivity index (χ0) is 11.8. The van der Waals surface area contributed by atoms with Gasteiger partial charge >= 0.3 is 0 Å². The van der Waals surface area contributed by atoms with Gasteiger partial charge in [0.25, 0.3) is 0 Å². The Kier molecular flexibility index (Phi) is 30.4. The van der Waals surface area contributed by atoms with E-state index < -0.39 is 0 Å². The summed E-state index contributed by atoms with van der Waals surface area (Å²) in [5, 5.41) is 0. The van der Waals surface area contributed by atoms with Crippen molar-refractivity contribution in [3.8, 4) is 0 Å². The van der Waals surface area contributed by atoms with Gasteiger partial charge in [-0.25, -0.2) is 0 Å². The minimum absolute atomic E-state index is 0.876. The molecule has 84 valence electrons. The van der Waals surface area contributed by atoms with Crippen molar-refractivity contribution in [2.75, 3.05) is 7.11 Å². The molecule has 0 aromatic carbocycles. The second kappa shape index (κ2) is 22.7. The number of allylic oxidation sites excluding steroid dienone is 5. The minimum atomic E-state index is 0.876. The van der Waals surface area contributed by atoms with Crippen molar-refractivity contribution in [2.45, 2.75) is 41.5 Å².